The van der Waals surface area contributed by atoms with Crippen LogP contribution in [0.4, 0.5) is 11.4 Å². The predicted octanol–water partition coefficient (Wildman–Crippen LogP) is 2.04. The molecule has 0 radical (unpaired) electrons. The normalized spacial score (nSPS) is 17.8. The Hall–Kier alpha value is -3.42. The summed E-state index contributed by atoms with van der Waals surface area (Å²) in [5.74, 6) is 2.24. The number of carbonyl (C=O) groups is 1. The summed E-state index contributed by atoms with van der Waals surface area (Å²) in [5, 5.41) is 6.64. The predicted molar refractivity (Wildman–Crippen MR) is 127 cm³/mol. The van der Waals surface area contributed by atoms with Crippen molar-refractivity contribution < 1.29 is 14.3 Å². The molecule has 2 heterocycles. The summed E-state index contributed by atoms with van der Waals surface area (Å²) in [7, 11) is 5.04. The molecule has 170 valence electrons. The highest BCUT2D eigenvalue weighted by Crippen LogP contribution is 2.30. The van der Waals surface area contributed by atoms with Crippen LogP contribution in [0.2, 0.25) is 0 Å². The zero-order chi connectivity index (χ0) is 22.5. The number of rotatable bonds is 6. The average Bonchev–Trinajstić information content (AvgIpc) is 3.48. The zero-order valence-electron chi connectivity index (χ0n) is 18.9. The van der Waals surface area contributed by atoms with Gasteiger partial charge in [-0.15, -0.1) is 0 Å². The van der Waals surface area contributed by atoms with Gasteiger partial charge >= 0.3 is 0 Å². The molecule has 1 saturated heterocycles. The summed E-state index contributed by atoms with van der Waals surface area (Å²) in [6.07, 6.45) is 1.87. The van der Waals surface area contributed by atoms with Gasteiger partial charge in [-0.05, 0) is 24.5 Å². The van der Waals surface area contributed by atoms with Crippen LogP contribution in [-0.2, 0) is 11.2 Å². The van der Waals surface area contributed by atoms with Gasteiger partial charge in [0.15, 0.2) is 5.96 Å². The summed E-state index contributed by atoms with van der Waals surface area (Å²) in [6, 6.07) is 14.2. The van der Waals surface area contributed by atoms with Gasteiger partial charge in [-0.3, -0.25) is 9.79 Å². The Morgan fingerprint density at radius 1 is 1.12 bits per heavy atom. The number of para-hydroxylation sites is 1. The van der Waals surface area contributed by atoms with Crippen molar-refractivity contribution in [1.29, 1.82) is 0 Å². The van der Waals surface area contributed by atoms with Gasteiger partial charge < -0.3 is 29.9 Å². The van der Waals surface area contributed by atoms with Gasteiger partial charge in [0.1, 0.15) is 11.5 Å². The van der Waals surface area contributed by atoms with Gasteiger partial charge in [-0.2, -0.15) is 0 Å². The Bertz CT molecular complexity index is 971. The van der Waals surface area contributed by atoms with Gasteiger partial charge in [0, 0.05) is 62.3 Å². The van der Waals surface area contributed by atoms with Crippen LogP contribution in [0.5, 0.6) is 11.5 Å². The van der Waals surface area contributed by atoms with E-state index in [9.17, 15) is 4.79 Å². The molecule has 0 aliphatic carbocycles. The van der Waals surface area contributed by atoms with E-state index in [-0.39, 0.29) is 18.5 Å². The molecule has 2 aromatic rings. The zero-order valence-corrected chi connectivity index (χ0v) is 18.9. The van der Waals surface area contributed by atoms with Crippen LogP contribution in [0, 0.1) is 0 Å². The standard InChI is InChI=1S/C24H31N5O3/c1-25-24(26-15-23(30)29-11-8-17-6-4-5-7-22(17)29)27-18-9-10-28(16-18)19-12-20(31-2)14-21(13-19)32-3/h4-7,12-14,18H,8-11,15-16H2,1-3H3,(H2,25,26,27). The lowest BCUT2D eigenvalue weighted by atomic mass is 10.2. The highest BCUT2D eigenvalue weighted by molar-refractivity contribution is 5.98. The number of carbonyl (C=O) groups excluding carboxylic acids is 1. The lowest BCUT2D eigenvalue weighted by molar-refractivity contribution is -0.117. The first kappa shape index (κ1) is 21.8. The molecule has 2 aliphatic rings. The Morgan fingerprint density at radius 2 is 1.88 bits per heavy atom. The van der Waals surface area contributed by atoms with Crippen molar-refractivity contribution in [2.45, 2.75) is 18.9 Å². The number of benzene rings is 2. The van der Waals surface area contributed by atoms with Crippen molar-refractivity contribution in [3.8, 4) is 11.5 Å². The fourth-order valence-electron chi connectivity index (χ4n) is 4.33. The second kappa shape index (κ2) is 9.80. The van der Waals surface area contributed by atoms with E-state index in [0.29, 0.717) is 5.96 Å². The summed E-state index contributed by atoms with van der Waals surface area (Å²) in [4.78, 5) is 21.2. The second-order valence-electron chi connectivity index (χ2n) is 8.00. The first-order valence-corrected chi connectivity index (χ1v) is 10.9. The number of nitrogens with zero attached hydrogens (tertiary/aromatic N) is 3. The molecule has 1 atom stereocenters. The molecule has 8 heteroatoms. The molecule has 0 bridgehead atoms. The van der Waals surface area contributed by atoms with Crippen LogP contribution in [0.25, 0.3) is 0 Å². The molecule has 0 spiro atoms. The average molecular weight is 438 g/mol. The van der Waals surface area contributed by atoms with Gasteiger partial charge in [-0.25, -0.2) is 0 Å². The molecule has 1 amide bonds. The Kier molecular flexibility index (Phi) is 6.68. The van der Waals surface area contributed by atoms with E-state index in [1.807, 2.05) is 41.3 Å². The van der Waals surface area contributed by atoms with E-state index in [0.717, 1.165) is 55.3 Å². The number of methoxy groups -OCH3 is 2. The van der Waals surface area contributed by atoms with E-state index in [1.165, 1.54) is 5.56 Å². The van der Waals surface area contributed by atoms with Gasteiger partial charge in [0.25, 0.3) is 0 Å². The monoisotopic (exact) mass is 437 g/mol. The van der Waals surface area contributed by atoms with Crippen LogP contribution in [0.3, 0.4) is 0 Å². The summed E-state index contributed by atoms with van der Waals surface area (Å²) in [6.45, 7) is 2.67. The molecule has 0 saturated carbocycles. The molecular formula is C24H31N5O3. The minimum Gasteiger partial charge on any atom is -0.497 e. The molecular weight excluding hydrogens is 406 g/mol. The van der Waals surface area contributed by atoms with Crippen LogP contribution >= 0.6 is 0 Å². The third-order valence-electron chi connectivity index (χ3n) is 6.05. The van der Waals surface area contributed by atoms with Gasteiger partial charge in [-0.1, -0.05) is 18.2 Å². The van der Waals surface area contributed by atoms with E-state index in [1.54, 1.807) is 21.3 Å². The quantitative estimate of drug-likeness (QED) is 0.532. The molecule has 0 aromatic heterocycles. The van der Waals surface area contributed by atoms with E-state index < -0.39 is 0 Å². The van der Waals surface area contributed by atoms with E-state index >= 15 is 0 Å². The molecule has 4 rings (SSSR count). The number of nitrogens with one attached hydrogen (secondary N) is 2. The van der Waals surface area contributed by atoms with Crippen molar-refractivity contribution in [3.05, 3.63) is 48.0 Å². The molecule has 2 N–H and O–H groups in total. The lowest BCUT2D eigenvalue weighted by Gasteiger charge is -2.22. The highest BCUT2D eigenvalue weighted by Gasteiger charge is 2.26. The van der Waals surface area contributed by atoms with Crippen molar-refractivity contribution in [1.82, 2.24) is 10.6 Å². The number of amides is 1. The first-order chi connectivity index (χ1) is 15.6. The molecule has 1 fully saturated rings. The van der Waals surface area contributed by atoms with E-state index in [2.05, 4.69) is 26.6 Å². The molecule has 8 nitrogen and oxygen atoms in total. The maximum absolute atomic E-state index is 12.8. The van der Waals surface area contributed by atoms with Gasteiger partial charge in [0.2, 0.25) is 5.91 Å². The minimum absolute atomic E-state index is 0.0504. The van der Waals surface area contributed by atoms with Crippen molar-refractivity contribution in [2.24, 2.45) is 4.99 Å². The molecule has 2 aromatic carbocycles. The largest absolute Gasteiger partial charge is 0.497 e. The maximum Gasteiger partial charge on any atom is 0.246 e. The first-order valence-electron chi connectivity index (χ1n) is 10.9. The SMILES string of the molecule is CN=C(NCC(=O)N1CCc2ccccc21)NC1CCN(c2cc(OC)cc(OC)c2)C1. The Balaban J connectivity index is 1.31. The highest BCUT2D eigenvalue weighted by atomic mass is 16.5. The third kappa shape index (κ3) is 4.74. The number of ether oxygens (including phenoxy) is 2. The molecule has 1 unspecified atom stereocenters. The smallest absolute Gasteiger partial charge is 0.246 e. The number of hydrogen-bond donors (Lipinski definition) is 2. The van der Waals surface area contributed by atoms with Crippen molar-refractivity contribution in [2.75, 3.05) is 57.2 Å². The summed E-state index contributed by atoms with van der Waals surface area (Å²) in [5.41, 5.74) is 3.31. The van der Waals surface area contributed by atoms with E-state index in [4.69, 9.17) is 9.47 Å². The van der Waals surface area contributed by atoms with Gasteiger partial charge in [0.05, 0.1) is 20.8 Å². The lowest BCUT2D eigenvalue weighted by Crippen LogP contribution is -2.48. The number of fused-ring (bicyclic) bond motifs is 1. The third-order valence-corrected chi connectivity index (χ3v) is 6.05. The molecule has 2 aliphatic heterocycles. The fraction of sp³-hybridized carbons (Fsp3) is 0.417. The number of aliphatic imine (C=N–C) groups is 1. The number of guanidine groups is 1. The topological polar surface area (TPSA) is 78.4 Å². The van der Waals surface area contributed by atoms with Crippen LogP contribution < -0.4 is 29.9 Å². The number of hydrogen-bond acceptors (Lipinski definition) is 5. The second-order valence-corrected chi connectivity index (χ2v) is 8.00. The fourth-order valence-corrected chi connectivity index (χ4v) is 4.33. The van der Waals surface area contributed by atoms with Crippen LogP contribution in [0.1, 0.15) is 12.0 Å². The number of anilines is 2. The summed E-state index contributed by atoms with van der Waals surface area (Å²) < 4.78 is 10.8. The van der Waals surface area contributed by atoms with Crippen LogP contribution in [0.15, 0.2) is 47.5 Å². The Morgan fingerprint density at radius 3 is 2.59 bits per heavy atom. The van der Waals surface area contributed by atoms with Crippen LogP contribution in [-0.4, -0.2) is 65.4 Å². The Labute approximate surface area is 189 Å². The van der Waals surface area contributed by atoms with Crippen molar-refractivity contribution >= 4 is 23.2 Å². The maximum atomic E-state index is 12.8. The summed E-state index contributed by atoms with van der Waals surface area (Å²) >= 11 is 0. The van der Waals surface area contributed by atoms with Crippen molar-refractivity contribution in [3.63, 3.8) is 0 Å². The molecule has 32 heavy (non-hydrogen) atoms. The minimum atomic E-state index is 0.0504.